The third-order valence-corrected chi connectivity index (χ3v) is 4.24. The maximum atomic E-state index is 12.1. The summed E-state index contributed by atoms with van der Waals surface area (Å²) >= 11 is 1.64. The molecule has 0 atom stereocenters. The standard InChI is InChI=1S/C18H16N2OS/c1-13-8-9-19-17(11-13)14-4-6-15(7-5-14)18(21)20-12-16-3-2-10-22-16/h2-11H,12H2,1H3,(H,20,21). The lowest BCUT2D eigenvalue weighted by Gasteiger charge is -2.06. The Balaban J connectivity index is 1.69. The van der Waals surface area contributed by atoms with Gasteiger partial charge in [0.1, 0.15) is 0 Å². The Morgan fingerprint density at radius 2 is 2.00 bits per heavy atom. The molecule has 0 aliphatic carbocycles. The van der Waals surface area contributed by atoms with Crippen LogP contribution in [0.1, 0.15) is 20.8 Å². The highest BCUT2D eigenvalue weighted by Crippen LogP contribution is 2.18. The zero-order chi connectivity index (χ0) is 15.4. The molecule has 22 heavy (non-hydrogen) atoms. The molecule has 0 fully saturated rings. The molecule has 1 aromatic carbocycles. The number of thiophene rings is 1. The van der Waals surface area contributed by atoms with Crippen LogP contribution < -0.4 is 5.32 Å². The molecule has 3 nitrogen and oxygen atoms in total. The maximum absolute atomic E-state index is 12.1. The Morgan fingerprint density at radius 3 is 2.68 bits per heavy atom. The lowest BCUT2D eigenvalue weighted by molar-refractivity contribution is 0.0951. The van der Waals surface area contributed by atoms with Gasteiger partial charge in [-0.2, -0.15) is 0 Å². The molecule has 3 aromatic rings. The Labute approximate surface area is 133 Å². The van der Waals surface area contributed by atoms with Gasteiger partial charge in [-0.3, -0.25) is 9.78 Å². The number of amides is 1. The first-order chi connectivity index (χ1) is 10.7. The number of pyridine rings is 1. The number of benzene rings is 1. The number of carbonyl (C=O) groups is 1. The molecule has 0 aliphatic rings. The molecule has 4 heteroatoms. The zero-order valence-corrected chi connectivity index (χ0v) is 13.1. The van der Waals surface area contributed by atoms with Crippen molar-refractivity contribution >= 4 is 17.2 Å². The van der Waals surface area contributed by atoms with E-state index in [2.05, 4.69) is 10.3 Å². The smallest absolute Gasteiger partial charge is 0.251 e. The molecule has 0 saturated heterocycles. The van der Waals surface area contributed by atoms with E-state index in [-0.39, 0.29) is 5.91 Å². The third kappa shape index (κ3) is 3.40. The zero-order valence-electron chi connectivity index (χ0n) is 12.2. The second kappa shape index (κ2) is 6.54. The first-order valence-electron chi connectivity index (χ1n) is 7.06. The van der Waals surface area contributed by atoms with Crippen molar-refractivity contribution in [2.45, 2.75) is 13.5 Å². The van der Waals surface area contributed by atoms with Crippen LogP contribution in [0.2, 0.25) is 0 Å². The van der Waals surface area contributed by atoms with Crippen LogP contribution in [0.4, 0.5) is 0 Å². The maximum Gasteiger partial charge on any atom is 0.251 e. The lowest BCUT2D eigenvalue weighted by atomic mass is 10.1. The number of rotatable bonds is 4. The summed E-state index contributed by atoms with van der Waals surface area (Å²) in [5.74, 6) is -0.0582. The fraction of sp³-hybridized carbons (Fsp3) is 0.111. The van der Waals surface area contributed by atoms with E-state index in [4.69, 9.17) is 0 Å². The van der Waals surface area contributed by atoms with Crippen LogP contribution in [0, 0.1) is 6.92 Å². The average Bonchev–Trinajstić information content (AvgIpc) is 3.06. The third-order valence-electron chi connectivity index (χ3n) is 3.36. The van der Waals surface area contributed by atoms with Crippen molar-refractivity contribution in [1.29, 1.82) is 0 Å². The predicted molar refractivity (Wildman–Crippen MR) is 89.9 cm³/mol. The van der Waals surface area contributed by atoms with Crippen LogP contribution in [-0.4, -0.2) is 10.9 Å². The van der Waals surface area contributed by atoms with Crippen LogP contribution in [0.25, 0.3) is 11.3 Å². The quantitative estimate of drug-likeness (QED) is 0.790. The van der Waals surface area contributed by atoms with E-state index in [0.717, 1.165) is 16.1 Å². The summed E-state index contributed by atoms with van der Waals surface area (Å²) in [5.41, 5.74) is 3.76. The number of nitrogens with one attached hydrogen (secondary N) is 1. The number of hydrogen-bond acceptors (Lipinski definition) is 3. The molecule has 0 bridgehead atoms. The Bertz CT molecular complexity index is 764. The number of carbonyl (C=O) groups excluding carboxylic acids is 1. The first kappa shape index (κ1) is 14.5. The van der Waals surface area contributed by atoms with E-state index < -0.39 is 0 Å². The molecular weight excluding hydrogens is 292 g/mol. The highest BCUT2D eigenvalue weighted by molar-refractivity contribution is 7.09. The molecule has 1 N–H and O–H groups in total. The summed E-state index contributed by atoms with van der Waals surface area (Å²) in [6, 6.07) is 15.5. The van der Waals surface area contributed by atoms with E-state index >= 15 is 0 Å². The van der Waals surface area contributed by atoms with Gasteiger partial charge in [0.15, 0.2) is 0 Å². The normalized spacial score (nSPS) is 10.4. The van der Waals surface area contributed by atoms with Crippen LogP contribution >= 0.6 is 11.3 Å². The molecule has 0 unspecified atom stereocenters. The van der Waals surface area contributed by atoms with Gasteiger partial charge in [-0.25, -0.2) is 0 Å². The Hall–Kier alpha value is -2.46. The SMILES string of the molecule is Cc1ccnc(-c2ccc(C(=O)NCc3cccs3)cc2)c1. The monoisotopic (exact) mass is 308 g/mol. The minimum absolute atomic E-state index is 0.0582. The predicted octanol–water partition coefficient (Wildman–Crippen LogP) is 4.05. The second-order valence-electron chi connectivity index (χ2n) is 5.06. The van der Waals surface area contributed by atoms with Gasteiger partial charge in [0.2, 0.25) is 0 Å². The summed E-state index contributed by atoms with van der Waals surface area (Å²) < 4.78 is 0. The lowest BCUT2D eigenvalue weighted by Crippen LogP contribution is -2.22. The topological polar surface area (TPSA) is 42.0 Å². The van der Waals surface area contributed by atoms with Gasteiger partial charge in [-0.05, 0) is 48.2 Å². The fourth-order valence-electron chi connectivity index (χ4n) is 2.17. The molecule has 0 saturated carbocycles. The van der Waals surface area contributed by atoms with Gasteiger partial charge >= 0.3 is 0 Å². The molecule has 0 radical (unpaired) electrons. The van der Waals surface area contributed by atoms with Crippen molar-refractivity contribution in [3.63, 3.8) is 0 Å². The van der Waals surface area contributed by atoms with Crippen molar-refractivity contribution in [2.24, 2.45) is 0 Å². The van der Waals surface area contributed by atoms with E-state index in [1.54, 1.807) is 17.5 Å². The summed E-state index contributed by atoms with van der Waals surface area (Å²) in [5, 5.41) is 4.93. The minimum Gasteiger partial charge on any atom is -0.347 e. The number of aromatic nitrogens is 1. The van der Waals surface area contributed by atoms with E-state index in [9.17, 15) is 4.79 Å². The fourth-order valence-corrected chi connectivity index (χ4v) is 2.81. The average molecular weight is 308 g/mol. The van der Waals surface area contributed by atoms with E-state index in [0.29, 0.717) is 12.1 Å². The molecule has 110 valence electrons. The van der Waals surface area contributed by atoms with Gasteiger partial charge < -0.3 is 5.32 Å². The number of hydrogen-bond donors (Lipinski definition) is 1. The minimum atomic E-state index is -0.0582. The van der Waals surface area contributed by atoms with Crippen molar-refractivity contribution in [3.8, 4) is 11.3 Å². The molecular formula is C18H16N2OS. The van der Waals surface area contributed by atoms with Gasteiger partial charge in [0.25, 0.3) is 5.91 Å². The Morgan fingerprint density at radius 1 is 1.18 bits per heavy atom. The molecule has 2 heterocycles. The van der Waals surface area contributed by atoms with Gasteiger partial charge in [0.05, 0.1) is 12.2 Å². The van der Waals surface area contributed by atoms with Crippen LogP contribution in [0.3, 0.4) is 0 Å². The van der Waals surface area contributed by atoms with E-state index in [1.165, 1.54) is 5.56 Å². The summed E-state index contributed by atoms with van der Waals surface area (Å²) in [6.07, 6.45) is 1.80. The van der Waals surface area contributed by atoms with Crippen molar-refractivity contribution in [1.82, 2.24) is 10.3 Å². The van der Waals surface area contributed by atoms with Crippen LogP contribution in [0.5, 0.6) is 0 Å². The van der Waals surface area contributed by atoms with Gasteiger partial charge in [-0.15, -0.1) is 11.3 Å². The number of aryl methyl sites for hydroxylation is 1. The van der Waals surface area contributed by atoms with Crippen molar-refractivity contribution < 1.29 is 4.79 Å². The highest BCUT2D eigenvalue weighted by Gasteiger charge is 2.06. The van der Waals surface area contributed by atoms with Gasteiger partial charge in [-0.1, -0.05) is 18.2 Å². The van der Waals surface area contributed by atoms with Crippen LogP contribution in [0.15, 0.2) is 60.1 Å². The summed E-state index contributed by atoms with van der Waals surface area (Å²) in [6.45, 7) is 2.61. The van der Waals surface area contributed by atoms with Crippen molar-refractivity contribution in [2.75, 3.05) is 0 Å². The molecule has 3 rings (SSSR count). The largest absolute Gasteiger partial charge is 0.347 e. The molecule has 0 spiro atoms. The van der Waals surface area contributed by atoms with Crippen molar-refractivity contribution in [3.05, 3.63) is 76.1 Å². The van der Waals surface area contributed by atoms with E-state index in [1.807, 2.05) is 60.8 Å². The van der Waals surface area contributed by atoms with Gasteiger partial charge in [0, 0.05) is 22.2 Å². The molecule has 1 amide bonds. The summed E-state index contributed by atoms with van der Waals surface area (Å²) in [7, 11) is 0. The number of nitrogens with zero attached hydrogens (tertiary/aromatic N) is 1. The summed E-state index contributed by atoms with van der Waals surface area (Å²) in [4.78, 5) is 17.6. The van der Waals surface area contributed by atoms with Crippen LogP contribution in [-0.2, 0) is 6.54 Å². The second-order valence-corrected chi connectivity index (χ2v) is 6.09. The molecule has 2 aromatic heterocycles. The highest BCUT2D eigenvalue weighted by atomic mass is 32.1. The Kier molecular flexibility index (Phi) is 4.30. The molecule has 0 aliphatic heterocycles. The first-order valence-corrected chi connectivity index (χ1v) is 7.94.